The molecule has 1 aliphatic rings. The molecule has 0 aromatic rings. The van der Waals surface area contributed by atoms with Crippen molar-refractivity contribution in [2.45, 2.75) is 46.2 Å². The molecule has 0 bridgehead atoms. The van der Waals surface area contributed by atoms with Gasteiger partial charge in [-0.3, -0.25) is 10.1 Å². The molecule has 2 unspecified atom stereocenters. The average Bonchev–Trinajstić information content (AvgIpc) is 2.66. The van der Waals surface area contributed by atoms with Gasteiger partial charge >= 0.3 is 0 Å². The Hall–Kier alpha value is -0.610. The predicted molar refractivity (Wildman–Crippen MR) is 70.7 cm³/mol. The number of rotatable bonds is 6. The quantitative estimate of drug-likeness (QED) is 0.757. The summed E-state index contributed by atoms with van der Waals surface area (Å²) in [5, 5.41) is 3.32. The largest absolute Gasteiger partial charge is 0.327 e. The number of carbonyl (C=O) groups excluding carboxylic acids is 1. The van der Waals surface area contributed by atoms with E-state index in [1.54, 1.807) is 0 Å². The van der Waals surface area contributed by atoms with Gasteiger partial charge in [0.25, 0.3) is 0 Å². The van der Waals surface area contributed by atoms with E-state index in [2.05, 4.69) is 45.0 Å². The normalized spacial score (nSPS) is 22.9. The van der Waals surface area contributed by atoms with Gasteiger partial charge in [0.15, 0.2) is 0 Å². The van der Waals surface area contributed by atoms with Gasteiger partial charge in [-0.25, -0.2) is 0 Å². The minimum Gasteiger partial charge on any atom is -0.327 e. The van der Waals surface area contributed by atoms with Gasteiger partial charge in [-0.2, -0.15) is 0 Å². The van der Waals surface area contributed by atoms with E-state index >= 15 is 0 Å². The molecule has 1 rings (SSSR count). The summed E-state index contributed by atoms with van der Waals surface area (Å²) in [4.78, 5) is 16.3. The van der Waals surface area contributed by atoms with E-state index in [0.717, 1.165) is 19.5 Å². The maximum Gasteiger partial charge on any atom is 0.241 e. The van der Waals surface area contributed by atoms with Gasteiger partial charge in [0.2, 0.25) is 5.91 Å². The van der Waals surface area contributed by atoms with Crippen LogP contribution in [-0.2, 0) is 4.79 Å². The molecule has 0 aromatic carbocycles. The first kappa shape index (κ1) is 14.5. The molecule has 17 heavy (non-hydrogen) atoms. The second-order valence-corrected chi connectivity index (χ2v) is 5.40. The van der Waals surface area contributed by atoms with E-state index in [0.29, 0.717) is 18.6 Å². The van der Waals surface area contributed by atoms with E-state index in [1.165, 1.54) is 0 Å². The van der Waals surface area contributed by atoms with Crippen LogP contribution in [0.4, 0.5) is 0 Å². The molecule has 100 valence electrons. The lowest BCUT2D eigenvalue weighted by Crippen LogP contribution is -2.39. The molecule has 1 fully saturated rings. The summed E-state index contributed by atoms with van der Waals surface area (Å²) in [6.07, 6.45) is 1.04. The van der Waals surface area contributed by atoms with Crippen LogP contribution in [0.5, 0.6) is 0 Å². The highest BCUT2D eigenvalue weighted by Crippen LogP contribution is 2.15. The van der Waals surface area contributed by atoms with Crippen LogP contribution in [0.3, 0.4) is 0 Å². The van der Waals surface area contributed by atoms with Gasteiger partial charge in [-0.05, 0) is 26.8 Å². The van der Waals surface area contributed by atoms with E-state index in [1.807, 2.05) is 4.90 Å². The van der Waals surface area contributed by atoms with Crippen LogP contribution >= 0.6 is 0 Å². The molecule has 0 aromatic heterocycles. The molecule has 2 atom stereocenters. The van der Waals surface area contributed by atoms with Crippen LogP contribution in [0.25, 0.3) is 0 Å². The summed E-state index contributed by atoms with van der Waals surface area (Å²) in [7, 11) is 2.10. The zero-order chi connectivity index (χ0) is 13.0. The molecule has 0 radical (unpaired) electrons. The fraction of sp³-hybridized carbons (Fsp3) is 0.923. The summed E-state index contributed by atoms with van der Waals surface area (Å²) in [6, 6.07) is 0.565. The van der Waals surface area contributed by atoms with Crippen molar-refractivity contribution in [3.05, 3.63) is 0 Å². The van der Waals surface area contributed by atoms with Crippen molar-refractivity contribution in [2.75, 3.05) is 26.8 Å². The van der Waals surface area contributed by atoms with Crippen molar-refractivity contribution in [1.82, 2.24) is 15.1 Å². The first-order chi connectivity index (χ1) is 7.97. The summed E-state index contributed by atoms with van der Waals surface area (Å²) in [5.41, 5.74) is 0. The molecule has 1 amide bonds. The number of hydrogen-bond acceptors (Lipinski definition) is 3. The zero-order valence-electron chi connectivity index (χ0n) is 11.9. The first-order valence-corrected chi connectivity index (χ1v) is 6.69. The Morgan fingerprint density at radius 1 is 1.47 bits per heavy atom. The Kier molecular flexibility index (Phi) is 5.40. The number of nitrogens with zero attached hydrogens (tertiary/aromatic N) is 2. The number of nitrogens with one attached hydrogen (secondary N) is 1. The minimum absolute atomic E-state index is 0.0318. The van der Waals surface area contributed by atoms with Crippen molar-refractivity contribution >= 4 is 5.91 Å². The molecule has 0 saturated carbocycles. The summed E-state index contributed by atoms with van der Waals surface area (Å²) in [5.74, 6) is 0.701. The van der Waals surface area contributed by atoms with Crippen LogP contribution in [-0.4, -0.2) is 54.6 Å². The van der Waals surface area contributed by atoms with Crippen molar-refractivity contribution in [3.8, 4) is 0 Å². The summed E-state index contributed by atoms with van der Waals surface area (Å²) >= 11 is 0. The number of amides is 1. The summed E-state index contributed by atoms with van der Waals surface area (Å²) in [6.45, 7) is 11.1. The molecule has 1 N–H and O–H groups in total. The van der Waals surface area contributed by atoms with Gasteiger partial charge in [0.1, 0.15) is 0 Å². The molecule has 4 heteroatoms. The van der Waals surface area contributed by atoms with Crippen LogP contribution in [0.2, 0.25) is 0 Å². The fourth-order valence-electron chi connectivity index (χ4n) is 1.98. The van der Waals surface area contributed by atoms with Gasteiger partial charge in [-0.1, -0.05) is 20.3 Å². The van der Waals surface area contributed by atoms with Crippen LogP contribution in [0, 0.1) is 5.92 Å². The van der Waals surface area contributed by atoms with Gasteiger partial charge < -0.3 is 9.80 Å². The maximum absolute atomic E-state index is 12.1. The highest BCUT2D eigenvalue weighted by Gasteiger charge is 2.33. The van der Waals surface area contributed by atoms with E-state index in [-0.39, 0.29) is 11.9 Å². The lowest BCUT2D eigenvalue weighted by molar-refractivity contribution is -0.130. The Balaban J connectivity index is 2.40. The minimum atomic E-state index is 0.0318. The average molecular weight is 241 g/mol. The molecule has 1 aliphatic heterocycles. The number of carbonyl (C=O) groups is 1. The molecular weight excluding hydrogens is 214 g/mol. The standard InChI is InChI=1S/C13H27N3O/c1-6-11(4)12-13(17)16(9-14-12)8-7-15(5)10(2)3/h10-12,14H,6-9H2,1-5H3. The molecule has 0 spiro atoms. The third-order valence-corrected chi connectivity index (χ3v) is 3.90. The van der Waals surface area contributed by atoms with Crippen LogP contribution < -0.4 is 5.32 Å². The van der Waals surface area contributed by atoms with Crippen LogP contribution in [0.15, 0.2) is 0 Å². The van der Waals surface area contributed by atoms with E-state index in [9.17, 15) is 4.79 Å². The predicted octanol–water partition coefficient (Wildman–Crippen LogP) is 1.13. The highest BCUT2D eigenvalue weighted by molar-refractivity contribution is 5.84. The lowest BCUT2D eigenvalue weighted by atomic mass is 9.99. The third kappa shape index (κ3) is 3.68. The van der Waals surface area contributed by atoms with Crippen molar-refractivity contribution in [1.29, 1.82) is 0 Å². The Morgan fingerprint density at radius 3 is 2.65 bits per heavy atom. The monoisotopic (exact) mass is 241 g/mol. The second kappa shape index (κ2) is 6.36. The van der Waals surface area contributed by atoms with Gasteiger partial charge in [0.05, 0.1) is 12.7 Å². The topological polar surface area (TPSA) is 35.6 Å². The number of likely N-dealkylation sites (N-methyl/N-ethyl adjacent to an activating group) is 1. The van der Waals surface area contributed by atoms with Crippen molar-refractivity contribution < 1.29 is 4.79 Å². The summed E-state index contributed by atoms with van der Waals surface area (Å²) < 4.78 is 0. The molecule has 4 nitrogen and oxygen atoms in total. The molecule has 1 heterocycles. The van der Waals surface area contributed by atoms with Crippen molar-refractivity contribution in [3.63, 3.8) is 0 Å². The molecule has 0 aliphatic carbocycles. The second-order valence-electron chi connectivity index (χ2n) is 5.40. The molecule has 1 saturated heterocycles. The highest BCUT2D eigenvalue weighted by atomic mass is 16.2. The van der Waals surface area contributed by atoms with Gasteiger partial charge in [0, 0.05) is 19.1 Å². The van der Waals surface area contributed by atoms with Gasteiger partial charge in [-0.15, -0.1) is 0 Å². The molecular formula is C13H27N3O. The Labute approximate surface area is 105 Å². The Morgan fingerprint density at radius 2 is 2.12 bits per heavy atom. The zero-order valence-corrected chi connectivity index (χ0v) is 11.9. The third-order valence-electron chi connectivity index (χ3n) is 3.90. The first-order valence-electron chi connectivity index (χ1n) is 6.69. The lowest BCUT2D eigenvalue weighted by Gasteiger charge is -2.24. The van der Waals surface area contributed by atoms with Crippen molar-refractivity contribution in [2.24, 2.45) is 5.92 Å². The maximum atomic E-state index is 12.1. The van der Waals surface area contributed by atoms with E-state index < -0.39 is 0 Å². The van der Waals surface area contributed by atoms with Crippen LogP contribution in [0.1, 0.15) is 34.1 Å². The number of hydrogen-bond donors (Lipinski definition) is 1. The Bertz CT molecular complexity index is 255. The fourth-order valence-corrected chi connectivity index (χ4v) is 1.98. The smallest absolute Gasteiger partial charge is 0.241 e. The SMILES string of the molecule is CCC(C)C1NCN(CCN(C)C(C)C)C1=O. The van der Waals surface area contributed by atoms with E-state index in [4.69, 9.17) is 0 Å².